The molecule has 2 heterocycles. The molecule has 0 spiro atoms. The summed E-state index contributed by atoms with van der Waals surface area (Å²) in [7, 11) is 0. The van der Waals surface area contributed by atoms with E-state index in [2.05, 4.69) is 224 Å². The topological polar surface area (TPSA) is 46.8 Å². The van der Waals surface area contributed by atoms with Crippen molar-refractivity contribution < 1.29 is 0 Å². The van der Waals surface area contributed by atoms with Crippen LogP contribution in [0.25, 0.3) is 94.7 Å². The smallest absolute Gasteiger partial charge is 0.164 e. The lowest BCUT2D eigenvalue weighted by molar-refractivity contribution is 0.667. The molecule has 1 aliphatic rings. The average molecular weight is 898 g/mol. The van der Waals surface area contributed by atoms with Gasteiger partial charge in [-0.25, -0.2) is 15.0 Å². The van der Waals surface area contributed by atoms with E-state index in [-0.39, 0.29) is 5.41 Å². The summed E-state index contributed by atoms with van der Waals surface area (Å²) in [5, 5.41) is 4.99. The molecule has 5 nitrogen and oxygen atoms in total. The van der Waals surface area contributed by atoms with Crippen LogP contribution < -0.4 is 4.90 Å². The van der Waals surface area contributed by atoms with E-state index in [0.717, 1.165) is 61.6 Å². The summed E-state index contributed by atoms with van der Waals surface area (Å²) < 4.78 is 2.44. The monoisotopic (exact) mass is 897 g/mol. The van der Waals surface area contributed by atoms with Crippen LogP contribution >= 0.6 is 0 Å². The number of fused-ring (bicyclic) bond motifs is 8. The number of anilines is 3. The zero-order valence-corrected chi connectivity index (χ0v) is 39.2. The van der Waals surface area contributed by atoms with Gasteiger partial charge in [0.2, 0.25) is 0 Å². The van der Waals surface area contributed by atoms with E-state index in [1.807, 2.05) is 36.4 Å². The number of hydrogen-bond acceptors (Lipinski definition) is 4. The summed E-state index contributed by atoms with van der Waals surface area (Å²) in [5.41, 5.74) is 18.1. The van der Waals surface area contributed by atoms with Crippen molar-refractivity contribution in [2.75, 3.05) is 4.90 Å². The van der Waals surface area contributed by atoms with E-state index in [9.17, 15) is 0 Å². The molecule has 0 N–H and O–H groups in total. The molecule has 332 valence electrons. The van der Waals surface area contributed by atoms with Crippen LogP contribution in [0.3, 0.4) is 0 Å². The fourth-order valence-corrected chi connectivity index (χ4v) is 10.9. The van der Waals surface area contributed by atoms with E-state index >= 15 is 0 Å². The fraction of sp³-hybridized carbons (Fsp3) is 0.0615. The third-order valence-corrected chi connectivity index (χ3v) is 14.3. The molecule has 0 saturated heterocycles. The summed E-state index contributed by atoms with van der Waals surface area (Å²) >= 11 is 0. The molecule has 0 atom stereocenters. The van der Waals surface area contributed by atoms with Gasteiger partial charge in [-0.1, -0.05) is 178 Å². The van der Waals surface area contributed by atoms with Gasteiger partial charge in [-0.05, 0) is 123 Å². The van der Waals surface area contributed by atoms with Crippen LogP contribution in [0.5, 0.6) is 0 Å². The van der Waals surface area contributed by atoms with Crippen molar-refractivity contribution in [2.45, 2.75) is 26.2 Å². The van der Waals surface area contributed by atoms with E-state index in [1.54, 1.807) is 0 Å². The van der Waals surface area contributed by atoms with Gasteiger partial charge < -0.3 is 9.47 Å². The van der Waals surface area contributed by atoms with Gasteiger partial charge in [-0.15, -0.1) is 0 Å². The molecule has 1 aliphatic carbocycles. The van der Waals surface area contributed by atoms with Gasteiger partial charge in [0.1, 0.15) is 0 Å². The summed E-state index contributed by atoms with van der Waals surface area (Å²) in [6, 6.07) is 82.6. The molecule has 0 radical (unpaired) electrons. The minimum Gasteiger partial charge on any atom is -0.310 e. The molecular formula is C65H47N5. The third kappa shape index (κ3) is 6.81. The quantitative estimate of drug-likeness (QED) is 0.152. The average Bonchev–Trinajstić information content (AvgIpc) is 3.86. The van der Waals surface area contributed by atoms with Gasteiger partial charge in [0.05, 0.1) is 11.0 Å². The van der Waals surface area contributed by atoms with Gasteiger partial charge in [-0.2, -0.15) is 0 Å². The van der Waals surface area contributed by atoms with Crippen LogP contribution in [0, 0.1) is 6.92 Å². The normalized spacial score (nSPS) is 12.6. The Labute approximate surface area is 407 Å². The summed E-state index contributed by atoms with van der Waals surface area (Å²) in [6.07, 6.45) is 0. The Morgan fingerprint density at radius 1 is 0.400 bits per heavy atom. The van der Waals surface area contributed by atoms with Crippen LogP contribution in [0.4, 0.5) is 17.1 Å². The van der Waals surface area contributed by atoms with Gasteiger partial charge in [-0.3, -0.25) is 0 Å². The molecule has 0 saturated carbocycles. The van der Waals surface area contributed by atoms with Crippen molar-refractivity contribution in [2.24, 2.45) is 0 Å². The van der Waals surface area contributed by atoms with Gasteiger partial charge in [0, 0.05) is 55.6 Å². The molecule has 10 aromatic carbocycles. The molecule has 5 heteroatoms. The fourth-order valence-electron chi connectivity index (χ4n) is 10.9. The third-order valence-electron chi connectivity index (χ3n) is 14.3. The Morgan fingerprint density at radius 2 is 0.986 bits per heavy atom. The first-order valence-corrected chi connectivity index (χ1v) is 24.0. The molecule has 2 aromatic heterocycles. The molecule has 0 bridgehead atoms. The maximum atomic E-state index is 5.13. The van der Waals surface area contributed by atoms with Crippen molar-refractivity contribution in [3.05, 3.63) is 247 Å². The zero-order chi connectivity index (χ0) is 46.9. The van der Waals surface area contributed by atoms with Gasteiger partial charge in [0.25, 0.3) is 0 Å². The van der Waals surface area contributed by atoms with Crippen molar-refractivity contribution in [3.8, 4) is 62.1 Å². The van der Waals surface area contributed by atoms with Crippen LogP contribution in [-0.2, 0) is 5.41 Å². The molecule has 0 fully saturated rings. The number of benzene rings is 10. The van der Waals surface area contributed by atoms with Crippen molar-refractivity contribution in [1.82, 2.24) is 19.5 Å². The number of rotatable bonds is 8. The minimum absolute atomic E-state index is 0.228. The lowest BCUT2D eigenvalue weighted by Gasteiger charge is -2.27. The highest BCUT2D eigenvalue weighted by Crippen LogP contribution is 2.53. The SMILES string of the molecule is Cc1ccccc1N(c1ccccc1)c1ccc(-c2ccc3c(c2)c2cc4c(cc2n3-c2cccc(-c3nc(-c5ccccc5)nc(-c5ccccc5)n3)c2)C(C)(C)c2c-4ccc3ccccc23)cc1. The second kappa shape index (κ2) is 16.4. The molecular weight excluding hydrogens is 851 g/mol. The van der Waals surface area contributed by atoms with Crippen molar-refractivity contribution >= 4 is 49.6 Å². The van der Waals surface area contributed by atoms with E-state index < -0.39 is 0 Å². The first kappa shape index (κ1) is 41.3. The van der Waals surface area contributed by atoms with Gasteiger partial charge >= 0.3 is 0 Å². The maximum Gasteiger partial charge on any atom is 0.164 e. The first-order chi connectivity index (χ1) is 34.4. The van der Waals surface area contributed by atoms with Crippen molar-refractivity contribution in [1.29, 1.82) is 0 Å². The summed E-state index contributed by atoms with van der Waals surface area (Å²) in [5.74, 6) is 1.90. The van der Waals surface area contributed by atoms with Gasteiger partial charge in [0.15, 0.2) is 17.5 Å². The molecule has 12 aromatic rings. The number of aryl methyl sites for hydroxylation is 1. The van der Waals surface area contributed by atoms with E-state index in [4.69, 9.17) is 15.0 Å². The van der Waals surface area contributed by atoms with Crippen LogP contribution in [-0.4, -0.2) is 19.5 Å². The standard InChI is InChI=1S/C65H47N5/c1-42-18-13-16-29-58(42)69(49-25-11-6-12-26-49)50-34-30-43(31-35-50)47-33-37-59-55(39-47)56-40-54-53-36-32-44-19-14-15-28-52(44)61(53)65(2,3)57(54)41-60(56)70(59)51-27-17-24-48(38-51)64-67-62(45-20-7-4-8-21-45)66-63(68-64)46-22-9-5-10-23-46/h4-41H,1-3H3. The second-order valence-corrected chi connectivity index (χ2v) is 18.9. The highest BCUT2D eigenvalue weighted by atomic mass is 15.1. The van der Waals surface area contributed by atoms with Crippen LogP contribution in [0.2, 0.25) is 0 Å². The Bertz CT molecular complexity index is 3910. The predicted octanol–water partition coefficient (Wildman–Crippen LogP) is 16.9. The lowest BCUT2D eigenvalue weighted by atomic mass is 9.80. The van der Waals surface area contributed by atoms with Crippen LogP contribution in [0.1, 0.15) is 30.5 Å². The zero-order valence-electron chi connectivity index (χ0n) is 39.2. The molecule has 0 amide bonds. The van der Waals surface area contributed by atoms with E-state index in [1.165, 1.54) is 49.4 Å². The first-order valence-electron chi connectivity index (χ1n) is 24.0. The number of hydrogen-bond donors (Lipinski definition) is 0. The number of para-hydroxylation sites is 2. The number of nitrogens with zero attached hydrogens (tertiary/aromatic N) is 5. The highest BCUT2D eigenvalue weighted by molar-refractivity contribution is 6.13. The Balaban J connectivity index is 0.992. The number of aromatic nitrogens is 4. The highest BCUT2D eigenvalue weighted by Gasteiger charge is 2.38. The van der Waals surface area contributed by atoms with Crippen LogP contribution in [0.15, 0.2) is 231 Å². The Hall–Kier alpha value is -8.93. The Morgan fingerprint density at radius 3 is 1.70 bits per heavy atom. The second-order valence-electron chi connectivity index (χ2n) is 18.9. The van der Waals surface area contributed by atoms with Crippen molar-refractivity contribution in [3.63, 3.8) is 0 Å². The largest absolute Gasteiger partial charge is 0.310 e. The lowest BCUT2D eigenvalue weighted by Crippen LogP contribution is -2.15. The Kier molecular flexibility index (Phi) is 9.67. The summed E-state index contributed by atoms with van der Waals surface area (Å²) in [6.45, 7) is 6.95. The minimum atomic E-state index is -0.228. The summed E-state index contributed by atoms with van der Waals surface area (Å²) in [4.78, 5) is 17.6. The molecule has 0 unspecified atom stereocenters. The molecule has 13 rings (SSSR count). The maximum absolute atomic E-state index is 5.13. The predicted molar refractivity (Wildman–Crippen MR) is 290 cm³/mol. The molecule has 70 heavy (non-hydrogen) atoms. The molecule has 0 aliphatic heterocycles. The van der Waals surface area contributed by atoms with E-state index in [0.29, 0.717) is 17.5 Å².